The molecule has 2 amide bonds. The molecule has 182 valence electrons. The van der Waals surface area contributed by atoms with E-state index in [1.165, 1.54) is 4.57 Å². The molecule has 0 aliphatic rings. The molecule has 2 rings (SSSR count). The molecule has 0 unspecified atom stereocenters. The molecular weight excluding hydrogens is 452 g/mol. The van der Waals surface area contributed by atoms with E-state index < -0.39 is 5.91 Å². The van der Waals surface area contributed by atoms with Gasteiger partial charge in [-0.25, -0.2) is 0 Å². The number of hydrogen-bond acceptors (Lipinski definition) is 7. The van der Waals surface area contributed by atoms with Gasteiger partial charge >= 0.3 is 0 Å². The predicted molar refractivity (Wildman–Crippen MR) is 137 cm³/mol. The molecule has 10 heteroatoms. The van der Waals surface area contributed by atoms with E-state index >= 15 is 0 Å². The van der Waals surface area contributed by atoms with Crippen molar-refractivity contribution in [3.63, 3.8) is 0 Å². The summed E-state index contributed by atoms with van der Waals surface area (Å²) in [5.74, 6) is -0.569. The standard InChI is InChI=1S/C24H32N6O3S/c1-5-13-29(4)16-21(31)28-18-10-8-9-17(14-18)27-12-11-20-23(33)30(7-3)24(34-20)19(15-25)22(32)26-6-2/h8-11,14,27H,5-7,12-13,16H2,1-4H3,(H,26,32)(H,28,31)/b20-11?,24-19-. The third kappa shape index (κ3) is 7.30. The van der Waals surface area contributed by atoms with Crippen LogP contribution in [0.3, 0.4) is 0 Å². The van der Waals surface area contributed by atoms with Crippen LogP contribution in [0.4, 0.5) is 11.4 Å². The summed E-state index contributed by atoms with van der Waals surface area (Å²) in [6, 6.07) is 9.28. The van der Waals surface area contributed by atoms with Gasteiger partial charge in [-0.15, -0.1) is 11.3 Å². The SMILES string of the molecule is CCCN(C)CC(=O)Nc1cccc(NCC=c2s/c(=C(/C#N)C(=O)NCC)n(CC)c2=O)c1. The molecule has 1 aromatic heterocycles. The van der Waals surface area contributed by atoms with E-state index in [4.69, 9.17) is 0 Å². The molecule has 0 atom stereocenters. The van der Waals surface area contributed by atoms with Gasteiger partial charge in [0.05, 0.1) is 11.1 Å². The van der Waals surface area contributed by atoms with Crippen LogP contribution in [0.15, 0.2) is 29.1 Å². The minimum atomic E-state index is -0.488. The first-order valence-corrected chi connectivity index (χ1v) is 12.1. The highest BCUT2D eigenvalue weighted by molar-refractivity contribution is 7.07. The lowest BCUT2D eigenvalue weighted by molar-refractivity contribution is -0.117. The molecule has 0 fully saturated rings. The van der Waals surface area contributed by atoms with Crippen LogP contribution in [0.5, 0.6) is 0 Å². The van der Waals surface area contributed by atoms with Gasteiger partial charge in [0.15, 0.2) is 5.57 Å². The van der Waals surface area contributed by atoms with E-state index in [9.17, 15) is 19.6 Å². The fourth-order valence-electron chi connectivity index (χ4n) is 3.35. The number of benzene rings is 1. The minimum Gasteiger partial charge on any atom is -0.381 e. The summed E-state index contributed by atoms with van der Waals surface area (Å²) >= 11 is 1.13. The Morgan fingerprint density at radius 2 is 1.97 bits per heavy atom. The Morgan fingerprint density at radius 1 is 1.24 bits per heavy atom. The van der Waals surface area contributed by atoms with Crippen molar-refractivity contribution in [3.8, 4) is 6.07 Å². The average Bonchev–Trinajstić information content (AvgIpc) is 3.09. The minimum absolute atomic E-state index is 0.0635. The smallest absolute Gasteiger partial charge is 0.268 e. The number of aromatic nitrogens is 1. The lowest BCUT2D eigenvalue weighted by Crippen LogP contribution is -2.34. The van der Waals surface area contributed by atoms with Gasteiger partial charge in [-0.2, -0.15) is 5.26 Å². The molecule has 1 heterocycles. The number of anilines is 2. The first-order valence-electron chi connectivity index (χ1n) is 11.3. The number of nitrogens with one attached hydrogen (secondary N) is 3. The van der Waals surface area contributed by atoms with Crippen LogP contribution in [-0.4, -0.2) is 54.5 Å². The Bertz CT molecular complexity index is 1220. The van der Waals surface area contributed by atoms with Crippen LogP contribution in [0.25, 0.3) is 11.6 Å². The molecule has 0 saturated heterocycles. The van der Waals surface area contributed by atoms with Crippen LogP contribution in [0, 0.1) is 11.3 Å². The number of carbonyl (C=O) groups is 2. The summed E-state index contributed by atoms with van der Waals surface area (Å²) in [5, 5.41) is 18.2. The number of thiazole rings is 1. The Kier molecular flexibility index (Phi) is 10.5. The van der Waals surface area contributed by atoms with Crippen molar-refractivity contribution in [3.05, 3.63) is 43.8 Å². The number of rotatable bonds is 11. The van der Waals surface area contributed by atoms with Crippen LogP contribution >= 0.6 is 11.3 Å². The van der Waals surface area contributed by atoms with Gasteiger partial charge in [0.2, 0.25) is 5.91 Å². The van der Waals surface area contributed by atoms with Gasteiger partial charge < -0.3 is 16.0 Å². The normalized spacial score (nSPS) is 12.3. The molecule has 0 aliphatic heterocycles. The van der Waals surface area contributed by atoms with E-state index in [2.05, 4.69) is 22.9 Å². The maximum atomic E-state index is 12.8. The first-order chi connectivity index (χ1) is 16.3. The lowest BCUT2D eigenvalue weighted by atomic mass is 10.2. The molecule has 0 spiro atoms. The lowest BCUT2D eigenvalue weighted by Gasteiger charge is -2.15. The van der Waals surface area contributed by atoms with Gasteiger partial charge in [0, 0.05) is 31.0 Å². The van der Waals surface area contributed by atoms with Crippen molar-refractivity contribution in [1.29, 1.82) is 5.26 Å². The zero-order chi connectivity index (χ0) is 25.1. The molecule has 0 bridgehead atoms. The van der Waals surface area contributed by atoms with Gasteiger partial charge in [0.1, 0.15) is 10.7 Å². The number of nitrogens with zero attached hydrogens (tertiary/aromatic N) is 3. The molecule has 34 heavy (non-hydrogen) atoms. The summed E-state index contributed by atoms with van der Waals surface area (Å²) in [6.07, 6.45) is 2.72. The van der Waals surface area contributed by atoms with Gasteiger partial charge in [-0.3, -0.25) is 23.9 Å². The van der Waals surface area contributed by atoms with Gasteiger partial charge in [0.25, 0.3) is 11.5 Å². The Balaban J connectivity index is 2.19. The zero-order valence-corrected chi connectivity index (χ0v) is 20.9. The monoisotopic (exact) mass is 484 g/mol. The maximum absolute atomic E-state index is 12.8. The largest absolute Gasteiger partial charge is 0.381 e. The van der Waals surface area contributed by atoms with E-state index in [0.717, 1.165) is 30.0 Å². The molecular formula is C24H32N6O3S. The maximum Gasteiger partial charge on any atom is 0.268 e. The van der Waals surface area contributed by atoms with Gasteiger partial charge in [-0.1, -0.05) is 13.0 Å². The number of amides is 2. The summed E-state index contributed by atoms with van der Waals surface area (Å²) in [4.78, 5) is 39.2. The van der Waals surface area contributed by atoms with E-state index in [-0.39, 0.29) is 17.0 Å². The third-order valence-electron chi connectivity index (χ3n) is 4.87. The number of hydrogen-bond donors (Lipinski definition) is 3. The van der Waals surface area contributed by atoms with Crippen molar-refractivity contribution in [2.75, 3.05) is 43.9 Å². The second-order valence-corrected chi connectivity index (χ2v) is 8.65. The predicted octanol–water partition coefficient (Wildman–Crippen LogP) is 0.913. The molecule has 0 saturated carbocycles. The molecule has 2 aromatic rings. The fraction of sp³-hybridized carbons (Fsp3) is 0.417. The van der Waals surface area contributed by atoms with Crippen LogP contribution in [-0.2, 0) is 16.1 Å². The third-order valence-corrected chi connectivity index (χ3v) is 6.05. The van der Waals surface area contributed by atoms with Crippen LogP contribution in [0.1, 0.15) is 27.2 Å². The number of nitriles is 1. The quantitative estimate of drug-likeness (QED) is 0.436. The Morgan fingerprint density at radius 3 is 2.62 bits per heavy atom. The molecule has 0 aliphatic carbocycles. The van der Waals surface area contributed by atoms with Crippen molar-refractivity contribution >= 4 is 46.2 Å². The highest BCUT2D eigenvalue weighted by Crippen LogP contribution is 2.14. The van der Waals surface area contributed by atoms with Crippen molar-refractivity contribution in [2.24, 2.45) is 0 Å². The Hall–Kier alpha value is -3.42. The molecule has 3 N–H and O–H groups in total. The topological polar surface area (TPSA) is 119 Å². The first kappa shape index (κ1) is 26.8. The highest BCUT2D eigenvalue weighted by Gasteiger charge is 2.14. The number of carbonyl (C=O) groups excluding carboxylic acids is 2. The van der Waals surface area contributed by atoms with Crippen LogP contribution < -0.4 is 30.7 Å². The fourth-order valence-corrected chi connectivity index (χ4v) is 4.49. The van der Waals surface area contributed by atoms with E-state index in [0.29, 0.717) is 41.1 Å². The second-order valence-electron chi connectivity index (χ2n) is 7.62. The molecule has 0 radical (unpaired) electrons. The van der Waals surface area contributed by atoms with E-state index in [1.54, 1.807) is 19.9 Å². The number of likely N-dealkylation sites (N-methyl/N-ethyl adjacent to an activating group) is 1. The highest BCUT2D eigenvalue weighted by atomic mass is 32.1. The summed E-state index contributed by atoms with van der Waals surface area (Å²) in [6.45, 7) is 7.91. The summed E-state index contributed by atoms with van der Waals surface area (Å²) in [7, 11) is 1.91. The summed E-state index contributed by atoms with van der Waals surface area (Å²) < 4.78 is 2.24. The Labute approximate surface area is 203 Å². The summed E-state index contributed by atoms with van der Waals surface area (Å²) in [5.41, 5.74) is 1.17. The van der Waals surface area contributed by atoms with Crippen LogP contribution in [0.2, 0.25) is 0 Å². The van der Waals surface area contributed by atoms with Gasteiger partial charge in [-0.05, 0) is 58.1 Å². The van der Waals surface area contributed by atoms with Crippen molar-refractivity contribution in [1.82, 2.24) is 14.8 Å². The van der Waals surface area contributed by atoms with Crippen molar-refractivity contribution in [2.45, 2.75) is 33.7 Å². The zero-order valence-electron chi connectivity index (χ0n) is 20.1. The molecule has 9 nitrogen and oxygen atoms in total. The van der Waals surface area contributed by atoms with Crippen molar-refractivity contribution < 1.29 is 9.59 Å². The van der Waals surface area contributed by atoms with E-state index in [1.807, 2.05) is 42.3 Å². The average molecular weight is 485 g/mol. The second kappa shape index (κ2) is 13.3. The molecule has 1 aromatic carbocycles.